The zero-order valence-corrected chi connectivity index (χ0v) is 10.1. The molecular weight excluding hydrogens is 277 g/mol. The molecule has 0 spiro atoms. The Morgan fingerprint density at radius 3 is 2.55 bits per heavy atom. The van der Waals surface area contributed by atoms with E-state index in [-0.39, 0.29) is 5.57 Å². The second-order valence-corrected chi connectivity index (χ2v) is 4.26. The minimum Gasteiger partial charge on any atom is -0.451 e. The Balaban J connectivity index is 2.38. The van der Waals surface area contributed by atoms with Crippen molar-refractivity contribution < 1.29 is 32.9 Å². The second kappa shape index (κ2) is 5.26. The highest BCUT2D eigenvalue weighted by molar-refractivity contribution is 5.86. The van der Waals surface area contributed by atoms with Gasteiger partial charge in [0.2, 0.25) is 0 Å². The molecule has 0 aliphatic carbocycles. The molecule has 4 nitrogen and oxygen atoms in total. The molecule has 1 aromatic rings. The van der Waals surface area contributed by atoms with Crippen LogP contribution in [0.3, 0.4) is 0 Å². The number of hydrogen-bond donors (Lipinski definition) is 2. The second-order valence-electron chi connectivity index (χ2n) is 4.26. The molecule has 1 aliphatic heterocycles. The van der Waals surface area contributed by atoms with Crippen LogP contribution in [0.15, 0.2) is 35.9 Å². The summed E-state index contributed by atoms with van der Waals surface area (Å²) in [5, 5.41) is 19.1. The molecule has 0 saturated carbocycles. The van der Waals surface area contributed by atoms with E-state index in [0.29, 0.717) is 0 Å². The fraction of sp³-hybridized carbons (Fsp3) is 0.308. The summed E-state index contributed by atoms with van der Waals surface area (Å²) in [6.07, 6.45) is -6.68. The Labute approximate surface area is 112 Å². The maximum atomic E-state index is 12.9. The molecule has 1 heterocycles. The SMILES string of the molecule is O=C1C=C(CO)C(C(O)c2ccccc2C(F)(F)F)O1. The predicted molar refractivity (Wildman–Crippen MR) is 61.5 cm³/mol. The molecule has 1 aliphatic rings. The van der Waals surface area contributed by atoms with E-state index in [4.69, 9.17) is 9.84 Å². The van der Waals surface area contributed by atoms with Crippen LogP contribution in [0.2, 0.25) is 0 Å². The number of ether oxygens (including phenoxy) is 1. The van der Waals surface area contributed by atoms with Gasteiger partial charge in [-0.3, -0.25) is 0 Å². The molecule has 1 aromatic carbocycles. The summed E-state index contributed by atoms with van der Waals surface area (Å²) in [5.74, 6) is -0.803. The predicted octanol–water partition coefficient (Wildman–Crippen LogP) is 1.58. The van der Waals surface area contributed by atoms with Crippen LogP contribution in [0.4, 0.5) is 13.2 Å². The number of benzene rings is 1. The molecule has 0 saturated heterocycles. The number of halogens is 3. The first kappa shape index (κ1) is 14.5. The average molecular weight is 288 g/mol. The number of rotatable bonds is 3. The lowest BCUT2D eigenvalue weighted by molar-refractivity contribution is -0.145. The van der Waals surface area contributed by atoms with Crippen molar-refractivity contribution in [3.05, 3.63) is 47.0 Å². The minimum atomic E-state index is -4.64. The van der Waals surface area contributed by atoms with Crippen molar-refractivity contribution >= 4 is 5.97 Å². The summed E-state index contributed by atoms with van der Waals surface area (Å²) in [4.78, 5) is 11.1. The molecule has 0 amide bonds. The van der Waals surface area contributed by atoms with Gasteiger partial charge in [0.05, 0.1) is 12.2 Å². The zero-order chi connectivity index (χ0) is 14.9. The van der Waals surface area contributed by atoms with Gasteiger partial charge in [-0.2, -0.15) is 13.2 Å². The molecule has 2 unspecified atom stereocenters. The highest BCUT2D eigenvalue weighted by Gasteiger charge is 2.39. The Hall–Kier alpha value is -1.86. The van der Waals surface area contributed by atoms with Crippen LogP contribution >= 0.6 is 0 Å². The molecule has 0 fully saturated rings. The van der Waals surface area contributed by atoms with Gasteiger partial charge in [0, 0.05) is 11.6 Å². The number of carbonyl (C=O) groups is 1. The van der Waals surface area contributed by atoms with Gasteiger partial charge in [-0.25, -0.2) is 4.79 Å². The van der Waals surface area contributed by atoms with Crippen LogP contribution in [0.1, 0.15) is 17.2 Å². The lowest BCUT2D eigenvalue weighted by atomic mass is 9.95. The van der Waals surface area contributed by atoms with Crippen LogP contribution in [0.5, 0.6) is 0 Å². The third-order valence-corrected chi connectivity index (χ3v) is 2.97. The van der Waals surface area contributed by atoms with Crippen LogP contribution in [0, 0.1) is 0 Å². The molecule has 2 atom stereocenters. The van der Waals surface area contributed by atoms with E-state index in [2.05, 4.69) is 0 Å². The fourth-order valence-corrected chi connectivity index (χ4v) is 2.05. The van der Waals surface area contributed by atoms with Crippen molar-refractivity contribution in [3.63, 3.8) is 0 Å². The number of esters is 1. The molecule has 2 N–H and O–H groups in total. The van der Waals surface area contributed by atoms with Crippen molar-refractivity contribution in [1.82, 2.24) is 0 Å². The Kier molecular flexibility index (Phi) is 3.82. The van der Waals surface area contributed by atoms with Gasteiger partial charge in [-0.15, -0.1) is 0 Å². The van der Waals surface area contributed by atoms with E-state index >= 15 is 0 Å². The van der Waals surface area contributed by atoms with E-state index in [1.807, 2.05) is 0 Å². The standard InChI is InChI=1S/C13H11F3O4/c14-13(15,16)9-4-2-1-3-8(9)11(19)12-7(6-17)5-10(18)20-12/h1-5,11-12,17,19H,6H2. The normalized spacial score (nSPS) is 20.6. The van der Waals surface area contributed by atoms with Gasteiger partial charge in [-0.1, -0.05) is 18.2 Å². The largest absolute Gasteiger partial charge is 0.451 e. The van der Waals surface area contributed by atoms with Gasteiger partial charge in [-0.05, 0) is 11.6 Å². The highest BCUT2D eigenvalue weighted by Crippen LogP contribution is 2.37. The summed E-state index contributed by atoms with van der Waals surface area (Å²) >= 11 is 0. The summed E-state index contributed by atoms with van der Waals surface area (Å²) < 4.78 is 43.3. The Bertz CT molecular complexity index is 551. The van der Waals surface area contributed by atoms with Crippen molar-refractivity contribution in [2.24, 2.45) is 0 Å². The summed E-state index contributed by atoms with van der Waals surface area (Å²) in [7, 11) is 0. The topological polar surface area (TPSA) is 66.8 Å². The van der Waals surface area contributed by atoms with Gasteiger partial charge in [0.15, 0.2) is 6.10 Å². The number of cyclic esters (lactones) is 1. The number of alkyl halides is 3. The van der Waals surface area contributed by atoms with E-state index < -0.39 is 42.1 Å². The van der Waals surface area contributed by atoms with Crippen molar-refractivity contribution in [1.29, 1.82) is 0 Å². The Morgan fingerprint density at radius 2 is 1.95 bits per heavy atom. The number of carbonyl (C=O) groups excluding carboxylic acids is 1. The fourth-order valence-electron chi connectivity index (χ4n) is 2.05. The number of hydrogen-bond acceptors (Lipinski definition) is 4. The van der Waals surface area contributed by atoms with Crippen molar-refractivity contribution in [2.75, 3.05) is 6.61 Å². The smallest absolute Gasteiger partial charge is 0.416 e. The van der Waals surface area contributed by atoms with Crippen LogP contribution in [0.25, 0.3) is 0 Å². The quantitative estimate of drug-likeness (QED) is 0.829. The van der Waals surface area contributed by atoms with E-state index in [1.165, 1.54) is 12.1 Å². The third kappa shape index (κ3) is 2.68. The molecule has 108 valence electrons. The summed E-state index contributed by atoms with van der Waals surface area (Å²) in [6.45, 7) is -0.582. The van der Waals surface area contributed by atoms with Crippen LogP contribution < -0.4 is 0 Å². The van der Waals surface area contributed by atoms with E-state index in [1.54, 1.807) is 0 Å². The first-order chi connectivity index (χ1) is 9.34. The van der Waals surface area contributed by atoms with Gasteiger partial charge in [0.1, 0.15) is 6.10 Å². The minimum absolute atomic E-state index is 0.0412. The van der Waals surface area contributed by atoms with Gasteiger partial charge in [0.25, 0.3) is 0 Å². The molecular formula is C13H11F3O4. The molecule has 0 bridgehead atoms. The maximum absolute atomic E-state index is 12.9. The van der Waals surface area contributed by atoms with Gasteiger partial charge >= 0.3 is 12.1 Å². The average Bonchev–Trinajstić information content (AvgIpc) is 2.78. The van der Waals surface area contributed by atoms with Crippen molar-refractivity contribution in [3.8, 4) is 0 Å². The van der Waals surface area contributed by atoms with Crippen LogP contribution in [-0.2, 0) is 15.7 Å². The number of aliphatic hydroxyl groups is 2. The van der Waals surface area contributed by atoms with Crippen molar-refractivity contribution in [2.45, 2.75) is 18.4 Å². The number of aliphatic hydroxyl groups excluding tert-OH is 2. The summed E-state index contributed by atoms with van der Waals surface area (Å²) in [6, 6.07) is 4.47. The van der Waals surface area contributed by atoms with E-state index in [9.17, 15) is 23.1 Å². The molecule has 0 aromatic heterocycles. The third-order valence-electron chi connectivity index (χ3n) is 2.97. The highest BCUT2D eigenvalue weighted by atomic mass is 19.4. The van der Waals surface area contributed by atoms with E-state index in [0.717, 1.165) is 18.2 Å². The molecule has 2 rings (SSSR count). The molecule has 7 heteroatoms. The molecule has 20 heavy (non-hydrogen) atoms. The maximum Gasteiger partial charge on any atom is 0.416 e. The summed E-state index contributed by atoms with van der Waals surface area (Å²) in [5.41, 5.74) is -1.37. The zero-order valence-electron chi connectivity index (χ0n) is 10.1. The monoisotopic (exact) mass is 288 g/mol. The first-order valence-electron chi connectivity index (χ1n) is 5.70. The molecule has 0 radical (unpaired) electrons. The lowest BCUT2D eigenvalue weighted by Gasteiger charge is -2.23. The van der Waals surface area contributed by atoms with Crippen LogP contribution in [-0.4, -0.2) is 28.9 Å². The first-order valence-corrected chi connectivity index (χ1v) is 5.70. The van der Waals surface area contributed by atoms with Gasteiger partial charge < -0.3 is 14.9 Å². The Morgan fingerprint density at radius 1 is 1.30 bits per heavy atom. The lowest BCUT2D eigenvalue weighted by Crippen LogP contribution is -2.25.